The highest BCUT2D eigenvalue weighted by Crippen LogP contribution is 2.32. The van der Waals surface area contributed by atoms with Crippen LogP contribution < -0.4 is 9.64 Å². The molecule has 1 amide bonds. The molecule has 1 fully saturated rings. The molecule has 2 heterocycles. The van der Waals surface area contributed by atoms with E-state index in [0.717, 1.165) is 52.3 Å². The molecule has 0 bridgehead atoms. The Morgan fingerprint density at radius 2 is 1.93 bits per heavy atom. The summed E-state index contributed by atoms with van der Waals surface area (Å²) in [5.41, 5.74) is 2.13. The Labute approximate surface area is 170 Å². The molecule has 1 aromatic heterocycles. The Morgan fingerprint density at radius 3 is 2.68 bits per heavy atom. The fraction of sp³-hybridized carbons (Fsp3) is 0.348. The Balaban J connectivity index is 1.73. The van der Waals surface area contributed by atoms with Gasteiger partial charge in [0.2, 0.25) is 0 Å². The first-order valence-electron chi connectivity index (χ1n) is 9.71. The molecule has 2 aromatic carbocycles. The summed E-state index contributed by atoms with van der Waals surface area (Å²) >= 11 is 1.58. The molecule has 28 heavy (non-hydrogen) atoms. The summed E-state index contributed by atoms with van der Waals surface area (Å²) in [7, 11) is 3.80. The number of carbonyl (C=O) groups is 1. The van der Waals surface area contributed by atoms with Gasteiger partial charge in [0, 0.05) is 22.5 Å². The number of carbonyl (C=O) groups excluding carboxylic acids is 1. The predicted octanol–water partition coefficient (Wildman–Crippen LogP) is 4.96. The number of amides is 1. The third-order valence-corrected chi connectivity index (χ3v) is 6.58. The average molecular weight is 395 g/mol. The third kappa shape index (κ3) is 3.77. The van der Waals surface area contributed by atoms with Crippen molar-refractivity contribution in [2.75, 3.05) is 32.1 Å². The zero-order chi connectivity index (χ0) is 19.7. The van der Waals surface area contributed by atoms with Crippen molar-refractivity contribution < 1.29 is 9.53 Å². The highest BCUT2D eigenvalue weighted by atomic mass is 32.1. The fourth-order valence-electron chi connectivity index (χ4n) is 3.87. The number of hydrogen-bond acceptors (Lipinski definition) is 4. The highest BCUT2D eigenvalue weighted by molar-refractivity contribution is 7.20. The Morgan fingerprint density at radius 1 is 1.14 bits per heavy atom. The first-order chi connectivity index (χ1) is 13.5. The van der Waals surface area contributed by atoms with Gasteiger partial charge in [0.05, 0.1) is 12.0 Å². The van der Waals surface area contributed by atoms with Crippen molar-refractivity contribution in [3.8, 4) is 5.75 Å². The summed E-state index contributed by atoms with van der Waals surface area (Å²) < 4.78 is 6.58. The molecular formula is C23H26N2O2S. The minimum Gasteiger partial charge on any atom is -0.497 e. The standard InChI is InChI=1S/C23H26N2O2S/c1-16-7-8-17-14-22(28-21(17)13-16)23(26)25(18-9-11-24(2)12-10-18)19-5-4-6-20(15-19)27-3/h4-8,13-15,18H,9-12H2,1-3H3. The number of benzene rings is 2. The molecule has 0 saturated carbocycles. The molecule has 0 radical (unpaired) electrons. The number of piperidine rings is 1. The van der Waals surface area contributed by atoms with Gasteiger partial charge in [0.25, 0.3) is 5.91 Å². The van der Waals surface area contributed by atoms with E-state index in [1.807, 2.05) is 35.2 Å². The van der Waals surface area contributed by atoms with Crippen LogP contribution in [0.1, 0.15) is 28.1 Å². The van der Waals surface area contributed by atoms with Gasteiger partial charge in [-0.1, -0.05) is 18.2 Å². The maximum atomic E-state index is 13.7. The quantitative estimate of drug-likeness (QED) is 0.627. The molecule has 0 N–H and O–H groups in total. The van der Waals surface area contributed by atoms with Crippen LogP contribution in [0.3, 0.4) is 0 Å². The summed E-state index contributed by atoms with van der Waals surface area (Å²) in [5.74, 6) is 0.858. The van der Waals surface area contributed by atoms with E-state index in [1.54, 1.807) is 18.4 Å². The minimum absolute atomic E-state index is 0.0849. The normalized spacial score (nSPS) is 15.7. The zero-order valence-corrected chi connectivity index (χ0v) is 17.5. The van der Waals surface area contributed by atoms with E-state index in [2.05, 4.69) is 37.1 Å². The maximum absolute atomic E-state index is 13.7. The molecule has 1 aliphatic rings. The van der Waals surface area contributed by atoms with Crippen LogP contribution in [-0.2, 0) is 0 Å². The average Bonchev–Trinajstić information content (AvgIpc) is 3.13. The highest BCUT2D eigenvalue weighted by Gasteiger charge is 2.30. The van der Waals surface area contributed by atoms with Gasteiger partial charge in [-0.05, 0) is 75.1 Å². The lowest BCUT2D eigenvalue weighted by molar-refractivity contribution is 0.0967. The van der Waals surface area contributed by atoms with Crippen molar-refractivity contribution in [1.82, 2.24) is 4.90 Å². The van der Waals surface area contributed by atoms with Crippen LogP contribution in [0.2, 0.25) is 0 Å². The third-order valence-electron chi connectivity index (χ3n) is 5.49. The lowest BCUT2D eigenvalue weighted by Gasteiger charge is -2.37. The van der Waals surface area contributed by atoms with Crippen LogP contribution in [0.25, 0.3) is 10.1 Å². The number of methoxy groups -OCH3 is 1. The van der Waals surface area contributed by atoms with Crippen molar-refractivity contribution in [2.45, 2.75) is 25.8 Å². The molecule has 4 rings (SSSR count). The molecule has 1 saturated heterocycles. The summed E-state index contributed by atoms with van der Waals surface area (Å²) in [6.45, 7) is 4.09. The van der Waals surface area contributed by atoms with Gasteiger partial charge in [0.15, 0.2) is 0 Å². The summed E-state index contributed by atoms with van der Waals surface area (Å²) in [5, 5.41) is 1.13. The van der Waals surface area contributed by atoms with Crippen molar-refractivity contribution >= 4 is 33.0 Å². The van der Waals surface area contributed by atoms with Crippen LogP contribution in [0.5, 0.6) is 5.75 Å². The number of fused-ring (bicyclic) bond motifs is 1. The number of ether oxygens (including phenoxy) is 1. The van der Waals surface area contributed by atoms with Crippen LogP contribution >= 0.6 is 11.3 Å². The Kier molecular flexibility index (Phi) is 5.38. The SMILES string of the molecule is COc1cccc(N(C(=O)c2cc3ccc(C)cc3s2)C2CCN(C)CC2)c1. The van der Waals surface area contributed by atoms with Gasteiger partial charge in [-0.25, -0.2) is 0 Å². The molecule has 3 aromatic rings. The molecule has 4 nitrogen and oxygen atoms in total. The molecule has 1 aliphatic heterocycles. The number of aryl methyl sites for hydroxylation is 1. The lowest BCUT2D eigenvalue weighted by Crippen LogP contribution is -2.46. The summed E-state index contributed by atoms with van der Waals surface area (Å²) in [6, 6.07) is 16.4. The Hall–Kier alpha value is -2.37. The van der Waals surface area contributed by atoms with Gasteiger partial charge in [-0.15, -0.1) is 11.3 Å². The molecule has 0 spiro atoms. The van der Waals surface area contributed by atoms with E-state index in [9.17, 15) is 4.79 Å². The van der Waals surface area contributed by atoms with Gasteiger partial charge in [0.1, 0.15) is 5.75 Å². The molecule has 146 valence electrons. The summed E-state index contributed by atoms with van der Waals surface area (Å²) in [6.07, 6.45) is 1.95. The first-order valence-corrected chi connectivity index (χ1v) is 10.5. The van der Waals surface area contributed by atoms with Crippen LogP contribution in [0, 0.1) is 6.92 Å². The second-order valence-corrected chi connectivity index (χ2v) is 8.65. The topological polar surface area (TPSA) is 32.8 Å². The monoisotopic (exact) mass is 394 g/mol. The van der Waals surface area contributed by atoms with Gasteiger partial charge < -0.3 is 14.5 Å². The van der Waals surface area contributed by atoms with Gasteiger partial charge >= 0.3 is 0 Å². The van der Waals surface area contributed by atoms with E-state index < -0.39 is 0 Å². The lowest BCUT2D eigenvalue weighted by atomic mass is 10.0. The van der Waals surface area contributed by atoms with E-state index >= 15 is 0 Å². The van der Waals surface area contributed by atoms with E-state index in [4.69, 9.17) is 4.74 Å². The smallest absolute Gasteiger partial charge is 0.268 e. The second kappa shape index (κ2) is 7.94. The van der Waals surface area contributed by atoms with Crippen molar-refractivity contribution in [1.29, 1.82) is 0 Å². The number of rotatable bonds is 4. The fourth-order valence-corrected chi connectivity index (χ4v) is 4.97. The molecular weight excluding hydrogens is 368 g/mol. The van der Waals surface area contributed by atoms with Crippen LogP contribution in [0.4, 0.5) is 5.69 Å². The number of anilines is 1. The van der Waals surface area contributed by atoms with Gasteiger partial charge in [-0.3, -0.25) is 4.79 Å². The largest absolute Gasteiger partial charge is 0.497 e. The second-order valence-electron chi connectivity index (χ2n) is 7.56. The van der Waals surface area contributed by atoms with Gasteiger partial charge in [-0.2, -0.15) is 0 Å². The number of hydrogen-bond donors (Lipinski definition) is 0. The van der Waals surface area contributed by atoms with Crippen molar-refractivity contribution in [3.63, 3.8) is 0 Å². The Bertz CT molecular complexity index is 989. The van der Waals surface area contributed by atoms with Crippen molar-refractivity contribution in [2.24, 2.45) is 0 Å². The van der Waals surface area contributed by atoms with Crippen LogP contribution in [0.15, 0.2) is 48.5 Å². The maximum Gasteiger partial charge on any atom is 0.268 e. The molecule has 0 atom stereocenters. The first kappa shape index (κ1) is 19.0. The zero-order valence-electron chi connectivity index (χ0n) is 16.6. The van der Waals surface area contributed by atoms with E-state index in [1.165, 1.54) is 5.56 Å². The van der Waals surface area contributed by atoms with E-state index in [-0.39, 0.29) is 11.9 Å². The number of nitrogens with zero attached hydrogens (tertiary/aromatic N) is 2. The number of likely N-dealkylation sites (tertiary alicyclic amines) is 1. The molecule has 5 heteroatoms. The van der Waals surface area contributed by atoms with Crippen LogP contribution in [-0.4, -0.2) is 44.1 Å². The molecule has 0 unspecified atom stereocenters. The number of thiophene rings is 1. The van der Waals surface area contributed by atoms with E-state index in [0.29, 0.717) is 0 Å². The molecule has 0 aliphatic carbocycles. The predicted molar refractivity (Wildman–Crippen MR) is 117 cm³/mol. The van der Waals surface area contributed by atoms with Crippen molar-refractivity contribution in [3.05, 3.63) is 59.0 Å². The summed E-state index contributed by atoms with van der Waals surface area (Å²) in [4.78, 5) is 18.8. The minimum atomic E-state index is 0.0849.